The van der Waals surface area contributed by atoms with Gasteiger partial charge in [0.25, 0.3) is 0 Å². The number of hydrogen-bond donors (Lipinski definition) is 1. The van der Waals surface area contributed by atoms with Crippen LogP contribution in [0, 0.1) is 17.1 Å². The highest BCUT2D eigenvalue weighted by Gasteiger charge is 2.22. The number of ether oxygens (including phenoxy) is 1. The molecule has 0 spiro atoms. The third-order valence-electron chi connectivity index (χ3n) is 4.78. The quantitative estimate of drug-likeness (QED) is 0.757. The van der Waals surface area contributed by atoms with E-state index in [0.29, 0.717) is 18.7 Å². The number of morpholine rings is 1. The average Bonchev–Trinajstić information content (AvgIpc) is 3.20. The maximum absolute atomic E-state index is 13.4. The SMILES string of the molecule is CN(c1cc(-c2ccc(F)cc2)n(-c2ccc(C#N)cc2)n1)[C@@H]1CNCCO1. The number of anilines is 1. The second-order valence-corrected chi connectivity index (χ2v) is 6.61. The van der Waals surface area contributed by atoms with Crippen LogP contribution in [-0.4, -0.2) is 42.8 Å². The van der Waals surface area contributed by atoms with Crippen LogP contribution in [0.3, 0.4) is 0 Å². The van der Waals surface area contributed by atoms with E-state index in [1.807, 2.05) is 30.1 Å². The molecule has 1 atom stereocenters. The molecule has 28 heavy (non-hydrogen) atoms. The van der Waals surface area contributed by atoms with Gasteiger partial charge in [0, 0.05) is 31.8 Å². The third kappa shape index (κ3) is 3.60. The highest BCUT2D eigenvalue weighted by atomic mass is 19.1. The second-order valence-electron chi connectivity index (χ2n) is 6.61. The van der Waals surface area contributed by atoms with Crippen molar-refractivity contribution in [1.82, 2.24) is 15.1 Å². The van der Waals surface area contributed by atoms with Gasteiger partial charge in [0.15, 0.2) is 5.82 Å². The zero-order chi connectivity index (χ0) is 19.5. The van der Waals surface area contributed by atoms with E-state index in [1.54, 1.807) is 28.9 Å². The molecule has 0 amide bonds. The van der Waals surface area contributed by atoms with Crippen molar-refractivity contribution >= 4 is 5.82 Å². The van der Waals surface area contributed by atoms with E-state index in [4.69, 9.17) is 15.1 Å². The number of nitriles is 1. The van der Waals surface area contributed by atoms with Crippen LogP contribution in [0.15, 0.2) is 54.6 Å². The molecule has 7 heteroatoms. The lowest BCUT2D eigenvalue weighted by molar-refractivity contribution is 0.0293. The van der Waals surface area contributed by atoms with Crippen LogP contribution in [0.2, 0.25) is 0 Å². The molecule has 2 aromatic carbocycles. The first kappa shape index (κ1) is 18.2. The lowest BCUT2D eigenvalue weighted by Crippen LogP contribution is -2.48. The Morgan fingerprint density at radius 1 is 1.21 bits per heavy atom. The summed E-state index contributed by atoms with van der Waals surface area (Å²) in [7, 11) is 1.94. The summed E-state index contributed by atoms with van der Waals surface area (Å²) in [6.45, 7) is 2.20. The molecule has 1 N–H and O–H groups in total. The number of benzene rings is 2. The fourth-order valence-corrected chi connectivity index (χ4v) is 3.19. The largest absolute Gasteiger partial charge is 0.356 e. The Labute approximate surface area is 162 Å². The number of nitrogens with one attached hydrogen (secondary N) is 1. The summed E-state index contributed by atoms with van der Waals surface area (Å²) in [6, 6.07) is 17.6. The molecule has 1 aliphatic heterocycles. The van der Waals surface area contributed by atoms with E-state index in [1.165, 1.54) is 12.1 Å². The molecule has 0 saturated carbocycles. The van der Waals surface area contributed by atoms with Crippen LogP contribution in [0.25, 0.3) is 16.9 Å². The molecule has 2 heterocycles. The minimum atomic E-state index is -0.285. The van der Waals surface area contributed by atoms with E-state index in [2.05, 4.69) is 11.4 Å². The molecule has 1 saturated heterocycles. The van der Waals surface area contributed by atoms with Crippen molar-refractivity contribution in [2.75, 3.05) is 31.6 Å². The van der Waals surface area contributed by atoms with Gasteiger partial charge in [-0.3, -0.25) is 0 Å². The second kappa shape index (κ2) is 7.80. The van der Waals surface area contributed by atoms with E-state index < -0.39 is 0 Å². The lowest BCUT2D eigenvalue weighted by Gasteiger charge is -2.31. The van der Waals surface area contributed by atoms with Gasteiger partial charge in [-0.2, -0.15) is 5.26 Å². The molecule has 0 bridgehead atoms. The zero-order valence-corrected chi connectivity index (χ0v) is 15.5. The highest BCUT2D eigenvalue weighted by Crippen LogP contribution is 2.28. The Morgan fingerprint density at radius 2 is 1.96 bits per heavy atom. The number of hydrogen-bond acceptors (Lipinski definition) is 5. The van der Waals surface area contributed by atoms with Crippen molar-refractivity contribution in [1.29, 1.82) is 5.26 Å². The van der Waals surface area contributed by atoms with Gasteiger partial charge in [-0.15, -0.1) is 5.10 Å². The van der Waals surface area contributed by atoms with Crippen LogP contribution in [0.1, 0.15) is 5.56 Å². The van der Waals surface area contributed by atoms with Crippen LogP contribution < -0.4 is 10.2 Å². The molecule has 0 unspecified atom stereocenters. The van der Waals surface area contributed by atoms with Crippen LogP contribution in [0.5, 0.6) is 0 Å². The summed E-state index contributed by atoms with van der Waals surface area (Å²) in [5.41, 5.74) is 3.08. The molecule has 1 aromatic heterocycles. The number of halogens is 1. The summed E-state index contributed by atoms with van der Waals surface area (Å²) >= 11 is 0. The maximum atomic E-state index is 13.4. The normalized spacial score (nSPS) is 16.5. The summed E-state index contributed by atoms with van der Waals surface area (Å²) in [4.78, 5) is 1.99. The number of aromatic nitrogens is 2. The summed E-state index contributed by atoms with van der Waals surface area (Å²) in [6.07, 6.45) is -0.112. The summed E-state index contributed by atoms with van der Waals surface area (Å²) < 4.78 is 21.0. The number of nitrogens with zero attached hydrogens (tertiary/aromatic N) is 4. The van der Waals surface area contributed by atoms with E-state index in [0.717, 1.165) is 29.3 Å². The zero-order valence-electron chi connectivity index (χ0n) is 15.5. The molecular formula is C21H20FN5O. The van der Waals surface area contributed by atoms with Gasteiger partial charge in [-0.1, -0.05) is 0 Å². The first-order valence-corrected chi connectivity index (χ1v) is 9.07. The van der Waals surface area contributed by atoms with E-state index >= 15 is 0 Å². The lowest BCUT2D eigenvalue weighted by atomic mass is 10.1. The predicted molar refractivity (Wildman–Crippen MR) is 105 cm³/mol. The maximum Gasteiger partial charge on any atom is 0.153 e. The Hall–Kier alpha value is -3.21. The third-order valence-corrected chi connectivity index (χ3v) is 4.78. The molecule has 3 aromatic rings. The molecule has 1 aliphatic rings. The van der Waals surface area contributed by atoms with Gasteiger partial charge in [-0.25, -0.2) is 9.07 Å². The molecular weight excluding hydrogens is 357 g/mol. The van der Waals surface area contributed by atoms with Crippen molar-refractivity contribution in [3.63, 3.8) is 0 Å². The van der Waals surface area contributed by atoms with Gasteiger partial charge in [0.05, 0.1) is 29.6 Å². The Bertz CT molecular complexity index is 985. The summed E-state index contributed by atoms with van der Waals surface area (Å²) in [5, 5.41) is 17.1. The van der Waals surface area contributed by atoms with Crippen molar-refractivity contribution < 1.29 is 9.13 Å². The van der Waals surface area contributed by atoms with Crippen molar-refractivity contribution in [2.24, 2.45) is 0 Å². The molecule has 1 fully saturated rings. The number of likely N-dealkylation sites (N-methyl/N-ethyl adjacent to an activating group) is 1. The minimum Gasteiger partial charge on any atom is -0.356 e. The van der Waals surface area contributed by atoms with Crippen LogP contribution in [-0.2, 0) is 4.74 Å². The first-order valence-electron chi connectivity index (χ1n) is 9.07. The topological polar surface area (TPSA) is 66.1 Å². The minimum absolute atomic E-state index is 0.112. The van der Waals surface area contributed by atoms with Crippen LogP contribution >= 0.6 is 0 Å². The van der Waals surface area contributed by atoms with Gasteiger partial charge in [0.1, 0.15) is 12.0 Å². The van der Waals surface area contributed by atoms with Crippen LogP contribution in [0.4, 0.5) is 10.2 Å². The Kier molecular flexibility index (Phi) is 5.06. The Morgan fingerprint density at radius 3 is 2.61 bits per heavy atom. The molecule has 0 radical (unpaired) electrons. The van der Waals surface area contributed by atoms with Gasteiger partial charge < -0.3 is 15.0 Å². The van der Waals surface area contributed by atoms with Crippen molar-refractivity contribution in [3.05, 3.63) is 66.0 Å². The van der Waals surface area contributed by atoms with E-state index in [9.17, 15) is 4.39 Å². The van der Waals surface area contributed by atoms with Gasteiger partial charge in [-0.05, 0) is 48.5 Å². The standard InChI is InChI=1S/C21H20FN5O/c1-26(21-14-24-10-11-28-21)20-12-19(16-4-6-17(22)7-5-16)27(25-20)18-8-2-15(13-23)3-9-18/h2-9,12,21,24H,10-11,14H2,1H3/t21-/m0/s1. The average molecular weight is 377 g/mol. The predicted octanol–water partition coefficient (Wildman–Crippen LogP) is 2.93. The van der Waals surface area contributed by atoms with E-state index in [-0.39, 0.29) is 12.0 Å². The smallest absolute Gasteiger partial charge is 0.153 e. The Balaban J connectivity index is 1.76. The van der Waals surface area contributed by atoms with Gasteiger partial charge in [0.2, 0.25) is 0 Å². The summed E-state index contributed by atoms with van der Waals surface area (Å²) in [5.74, 6) is 0.463. The van der Waals surface area contributed by atoms with Gasteiger partial charge >= 0.3 is 0 Å². The molecule has 4 rings (SSSR count). The van der Waals surface area contributed by atoms with Crippen molar-refractivity contribution in [3.8, 4) is 23.0 Å². The fraction of sp³-hybridized carbons (Fsp3) is 0.238. The highest BCUT2D eigenvalue weighted by molar-refractivity contribution is 5.66. The molecule has 142 valence electrons. The molecule has 6 nitrogen and oxygen atoms in total. The molecule has 0 aliphatic carbocycles. The monoisotopic (exact) mass is 377 g/mol. The van der Waals surface area contributed by atoms with Crippen molar-refractivity contribution in [2.45, 2.75) is 6.23 Å². The number of rotatable bonds is 4. The first-order chi connectivity index (χ1) is 13.7. The fourth-order valence-electron chi connectivity index (χ4n) is 3.19.